The van der Waals surface area contributed by atoms with Crippen molar-refractivity contribution in [2.24, 2.45) is 5.73 Å². The van der Waals surface area contributed by atoms with Crippen LogP contribution in [0.5, 0.6) is 0 Å². The molecule has 0 spiro atoms. The van der Waals surface area contributed by atoms with Gasteiger partial charge >= 0.3 is 0 Å². The first-order chi connectivity index (χ1) is 12.0. The number of halogens is 2. The summed E-state index contributed by atoms with van der Waals surface area (Å²) in [6, 6.07) is 13.9. The van der Waals surface area contributed by atoms with Crippen molar-refractivity contribution in [1.29, 1.82) is 0 Å². The fourth-order valence-corrected chi connectivity index (χ4v) is 2.82. The SMILES string of the molecule is NC(=O)[C@H](Cc1cc(Cl)ccc1Br)NC(=O)COCc1ccccc1. The minimum absolute atomic E-state index is 0.157. The zero-order valence-corrected chi connectivity index (χ0v) is 15.7. The molecule has 0 aromatic heterocycles. The number of carbonyl (C=O) groups is 2. The Hall–Kier alpha value is -1.89. The van der Waals surface area contributed by atoms with Gasteiger partial charge in [0, 0.05) is 15.9 Å². The van der Waals surface area contributed by atoms with E-state index in [1.165, 1.54) is 0 Å². The molecule has 2 rings (SSSR count). The summed E-state index contributed by atoms with van der Waals surface area (Å²) in [5, 5.41) is 3.14. The molecule has 0 heterocycles. The van der Waals surface area contributed by atoms with Crippen LogP contribution in [0.25, 0.3) is 0 Å². The number of nitrogens with two attached hydrogens (primary N) is 1. The molecular formula is C18H18BrClN2O3. The van der Waals surface area contributed by atoms with Gasteiger partial charge in [0.25, 0.3) is 0 Å². The van der Waals surface area contributed by atoms with Gasteiger partial charge in [0.15, 0.2) is 0 Å². The maximum Gasteiger partial charge on any atom is 0.246 e. The molecule has 5 nitrogen and oxygen atoms in total. The van der Waals surface area contributed by atoms with Crippen LogP contribution in [0.4, 0.5) is 0 Å². The first-order valence-electron chi connectivity index (χ1n) is 7.60. The molecular weight excluding hydrogens is 408 g/mol. The summed E-state index contributed by atoms with van der Waals surface area (Å²) in [4.78, 5) is 23.7. The molecule has 7 heteroatoms. The number of hydrogen-bond donors (Lipinski definition) is 2. The van der Waals surface area contributed by atoms with Crippen molar-refractivity contribution in [2.75, 3.05) is 6.61 Å². The third-order valence-electron chi connectivity index (χ3n) is 3.46. The van der Waals surface area contributed by atoms with Crippen LogP contribution in [0.3, 0.4) is 0 Å². The highest BCUT2D eigenvalue weighted by molar-refractivity contribution is 9.10. The van der Waals surface area contributed by atoms with Crippen LogP contribution in [0, 0.1) is 0 Å². The van der Waals surface area contributed by atoms with Gasteiger partial charge in [0.1, 0.15) is 12.6 Å². The van der Waals surface area contributed by atoms with Crippen molar-refractivity contribution < 1.29 is 14.3 Å². The lowest BCUT2D eigenvalue weighted by Crippen LogP contribution is -2.47. The van der Waals surface area contributed by atoms with Gasteiger partial charge in [-0.05, 0) is 29.3 Å². The topological polar surface area (TPSA) is 81.4 Å². The van der Waals surface area contributed by atoms with Gasteiger partial charge in [-0.3, -0.25) is 9.59 Å². The van der Waals surface area contributed by atoms with Crippen molar-refractivity contribution in [1.82, 2.24) is 5.32 Å². The van der Waals surface area contributed by atoms with Crippen molar-refractivity contribution in [3.05, 3.63) is 69.2 Å². The zero-order valence-electron chi connectivity index (χ0n) is 13.4. The monoisotopic (exact) mass is 424 g/mol. The molecule has 0 bridgehead atoms. The molecule has 0 saturated heterocycles. The van der Waals surface area contributed by atoms with Gasteiger partial charge in [-0.1, -0.05) is 57.9 Å². The number of primary amides is 1. The van der Waals surface area contributed by atoms with E-state index in [1.807, 2.05) is 30.3 Å². The van der Waals surface area contributed by atoms with Crippen molar-refractivity contribution in [2.45, 2.75) is 19.1 Å². The highest BCUT2D eigenvalue weighted by Crippen LogP contribution is 2.22. The lowest BCUT2D eigenvalue weighted by atomic mass is 10.1. The molecule has 0 aliphatic heterocycles. The van der Waals surface area contributed by atoms with Crippen molar-refractivity contribution in [3.63, 3.8) is 0 Å². The summed E-state index contributed by atoms with van der Waals surface area (Å²) in [6.45, 7) is 0.157. The normalized spacial score (nSPS) is 11.8. The molecule has 0 aliphatic carbocycles. The van der Waals surface area contributed by atoms with E-state index in [0.29, 0.717) is 11.6 Å². The molecule has 3 N–H and O–H groups in total. The van der Waals surface area contributed by atoms with Gasteiger partial charge in [-0.2, -0.15) is 0 Å². The molecule has 2 aromatic rings. The highest BCUT2D eigenvalue weighted by atomic mass is 79.9. The molecule has 2 amide bonds. The summed E-state index contributed by atoms with van der Waals surface area (Å²) < 4.78 is 6.15. The van der Waals surface area contributed by atoms with E-state index in [-0.39, 0.29) is 13.0 Å². The van der Waals surface area contributed by atoms with E-state index in [2.05, 4.69) is 21.2 Å². The Labute approximate surface area is 159 Å². The fourth-order valence-electron chi connectivity index (χ4n) is 2.21. The Bertz CT molecular complexity index is 740. The number of amides is 2. The quantitative estimate of drug-likeness (QED) is 0.682. The van der Waals surface area contributed by atoms with E-state index in [9.17, 15) is 9.59 Å². The van der Waals surface area contributed by atoms with E-state index in [1.54, 1.807) is 18.2 Å². The molecule has 0 fully saturated rings. The standard InChI is InChI=1S/C18H18BrClN2O3/c19-15-7-6-14(20)8-13(15)9-16(18(21)24)22-17(23)11-25-10-12-4-2-1-3-5-12/h1-8,16H,9-11H2,(H2,21,24)(H,22,23)/t16-/m0/s1. The van der Waals surface area contributed by atoms with E-state index < -0.39 is 17.9 Å². The molecule has 0 unspecified atom stereocenters. The predicted octanol–water partition coefficient (Wildman–Crippen LogP) is 2.83. The summed E-state index contributed by atoms with van der Waals surface area (Å²) in [5.41, 5.74) is 7.14. The number of ether oxygens (including phenoxy) is 1. The van der Waals surface area contributed by atoms with Gasteiger partial charge in [-0.25, -0.2) is 0 Å². The Kier molecular flexibility index (Phi) is 7.43. The first-order valence-corrected chi connectivity index (χ1v) is 8.77. The summed E-state index contributed by atoms with van der Waals surface area (Å²) in [5.74, 6) is -1.03. The van der Waals surface area contributed by atoms with Crippen LogP contribution >= 0.6 is 27.5 Å². The predicted molar refractivity (Wildman–Crippen MR) is 100 cm³/mol. The summed E-state index contributed by atoms with van der Waals surface area (Å²) in [7, 11) is 0. The largest absolute Gasteiger partial charge is 0.368 e. The molecule has 1 atom stereocenters. The average Bonchev–Trinajstić information content (AvgIpc) is 2.58. The number of benzene rings is 2. The second-order valence-corrected chi connectivity index (χ2v) is 6.73. The fraction of sp³-hybridized carbons (Fsp3) is 0.222. The molecule has 132 valence electrons. The zero-order chi connectivity index (χ0) is 18.2. The third-order valence-corrected chi connectivity index (χ3v) is 4.46. The first kappa shape index (κ1) is 19.4. The van der Waals surface area contributed by atoms with Crippen molar-refractivity contribution in [3.8, 4) is 0 Å². The van der Waals surface area contributed by atoms with Gasteiger partial charge in [0.2, 0.25) is 11.8 Å². The van der Waals surface area contributed by atoms with E-state index in [4.69, 9.17) is 22.1 Å². The van der Waals surface area contributed by atoms with Crippen LogP contribution in [-0.4, -0.2) is 24.5 Å². The summed E-state index contributed by atoms with van der Waals surface area (Å²) in [6.07, 6.45) is 0.237. The minimum Gasteiger partial charge on any atom is -0.368 e. The smallest absolute Gasteiger partial charge is 0.246 e. The van der Waals surface area contributed by atoms with Crippen LogP contribution < -0.4 is 11.1 Å². The Balaban J connectivity index is 1.88. The van der Waals surface area contributed by atoms with E-state index in [0.717, 1.165) is 15.6 Å². The molecule has 0 radical (unpaired) electrons. The van der Waals surface area contributed by atoms with Gasteiger partial charge < -0.3 is 15.8 Å². The molecule has 2 aromatic carbocycles. The average molecular weight is 426 g/mol. The summed E-state index contributed by atoms with van der Waals surface area (Å²) >= 11 is 9.36. The Morgan fingerprint density at radius 3 is 2.60 bits per heavy atom. The number of nitrogens with one attached hydrogen (secondary N) is 1. The molecule has 0 aliphatic rings. The lowest BCUT2D eigenvalue weighted by molar-refractivity contribution is -0.130. The maximum absolute atomic E-state index is 12.0. The van der Waals surface area contributed by atoms with Gasteiger partial charge in [-0.15, -0.1) is 0 Å². The number of hydrogen-bond acceptors (Lipinski definition) is 3. The van der Waals surface area contributed by atoms with Crippen LogP contribution in [0.15, 0.2) is 53.0 Å². The second-order valence-electron chi connectivity index (χ2n) is 5.44. The number of carbonyl (C=O) groups excluding carboxylic acids is 2. The van der Waals surface area contributed by atoms with Crippen molar-refractivity contribution >= 4 is 39.3 Å². The van der Waals surface area contributed by atoms with Gasteiger partial charge in [0.05, 0.1) is 6.61 Å². The van der Waals surface area contributed by atoms with Crippen LogP contribution in [-0.2, 0) is 27.4 Å². The highest BCUT2D eigenvalue weighted by Gasteiger charge is 2.20. The van der Waals surface area contributed by atoms with Crippen LogP contribution in [0.2, 0.25) is 5.02 Å². The van der Waals surface area contributed by atoms with Crippen LogP contribution in [0.1, 0.15) is 11.1 Å². The number of rotatable bonds is 8. The van der Waals surface area contributed by atoms with E-state index >= 15 is 0 Å². The third kappa shape index (κ3) is 6.49. The molecule has 25 heavy (non-hydrogen) atoms. The second kappa shape index (κ2) is 9.56. The Morgan fingerprint density at radius 2 is 1.92 bits per heavy atom. The minimum atomic E-state index is -0.845. The lowest BCUT2D eigenvalue weighted by Gasteiger charge is -2.16. The Morgan fingerprint density at radius 1 is 1.20 bits per heavy atom. The molecule has 0 saturated carbocycles. The maximum atomic E-state index is 12.0.